The summed E-state index contributed by atoms with van der Waals surface area (Å²) in [5.74, 6) is 0.238. The lowest BCUT2D eigenvalue weighted by molar-refractivity contribution is -0.141. The van der Waals surface area contributed by atoms with Crippen LogP contribution in [0, 0.1) is 5.92 Å². The Labute approximate surface area is 153 Å². The minimum absolute atomic E-state index is 0.0454. The first kappa shape index (κ1) is 18.1. The van der Waals surface area contributed by atoms with Gasteiger partial charge in [-0.2, -0.15) is 0 Å². The van der Waals surface area contributed by atoms with Crippen molar-refractivity contribution in [3.05, 3.63) is 47.8 Å². The maximum Gasteiger partial charge on any atom is 0.341 e. The van der Waals surface area contributed by atoms with Crippen molar-refractivity contribution in [3.63, 3.8) is 0 Å². The Morgan fingerprint density at radius 3 is 2.62 bits per heavy atom. The van der Waals surface area contributed by atoms with Gasteiger partial charge in [-0.15, -0.1) is 0 Å². The Balaban J connectivity index is 1.69. The largest absolute Gasteiger partial charge is 0.462 e. The number of benzene rings is 1. The van der Waals surface area contributed by atoms with Gasteiger partial charge in [0.1, 0.15) is 11.4 Å². The van der Waals surface area contributed by atoms with Crippen molar-refractivity contribution in [1.29, 1.82) is 0 Å². The molecule has 5 nitrogen and oxygen atoms in total. The standard InChI is InChI=1S/C21H24N2O3/c1-15(24)19(21(25)26-14-16-8-4-2-5-9-16)12-18-13-22-20(23-18)17-10-6-3-7-11-17/h3,6-7,10-13,16H,2,4-5,8-9,14H2,1H3,(H,22,23)/b19-12-. The molecule has 1 heterocycles. The molecule has 0 spiro atoms. The molecule has 1 fully saturated rings. The van der Waals surface area contributed by atoms with E-state index in [-0.39, 0.29) is 11.4 Å². The fourth-order valence-electron chi connectivity index (χ4n) is 3.24. The van der Waals surface area contributed by atoms with Crippen molar-refractivity contribution in [2.45, 2.75) is 39.0 Å². The molecule has 1 saturated carbocycles. The summed E-state index contributed by atoms with van der Waals surface area (Å²) in [6.07, 6.45) is 8.94. The number of carbonyl (C=O) groups excluding carboxylic acids is 2. The highest BCUT2D eigenvalue weighted by Crippen LogP contribution is 2.24. The summed E-state index contributed by atoms with van der Waals surface area (Å²) >= 11 is 0. The van der Waals surface area contributed by atoms with E-state index >= 15 is 0 Å². The summed E-state index contributed by atoms with van der Waals surface area (Å²) in [6, 6.07) is 9.67. The normalized spacial score (nSPS) is 15.7. The van der Waals surface area contributed by atoms with Crippen molar-refractivity contribution >= 4 is 17.8 Å². The number of esters is 1. The third kappa shape index (κ3) is 4.69. The molecule has 26 heavy (non-hydrogen) atoms. The van der Waals surface area contributed by atoms with Crippen molar-refractivity contribution in [2.24, 2.45) is 5.92 Å². The molecule has 3 rings (SSSR count). The molecule has 0 aliphatic heterocycles. The number of aromatic amines is 1. The molecule has 136 valence electrons. The molecule has 1 aliphatic rings. The second kappa shape index (κ2) is 8.61. The van der Waals surface area contributed by atoms with Gasteiger partial charge in [-0.3, -0.25) is 4.79 Å². The third-order valence-electron chi connectivity index (χ3n) is 4.72. The summed E-state index contributed by atoms with van der Waals surface area (Å²) in [7, 11) is 0. The van der Waals surface area contributed by atoms with Crippen LogP contribution in [-0.4, -0.2) is 28.3 Å². The van der Waals surface area contributed by atoms with E-state index in [1.54, 1.807) is 6.20 Å². The quantitative estimate of drug-likeness (QED) is 0.366. The van der Waals surface area contributed by atoms with Gasteiger partial charge in [-0.05, 0) is 31.8 Å². The van der Waals surface area contributed by atoms with Crippen LogP contribution in [-0.2, 0) is 14.3 Å². The van der Waals surface area contributed by atoms with E-state index in [9.17, 15) is 9.59 Å². The Morgan fingerprint density at radius 1 is 1.19 bits per heavy atom. The first-order valence-corrected chi connectivity index (χ1v) is 9.13. The average molecular weight is 352 g/mol. The van der Waals surface area contributed by atoms with Gasteiger partial charge in [0, 0.05) is 5.56 Å². The molecule has 0 amide bonds. The molecule has 0 bridgehead atoms. The smallest absolute Gasteiger partial charge is 0.341 e. The van der Waals surface area contributed by atoms with E-state index in [1.807, 2.05) is 30.3 Å². The maximum absolute atomic E-state index is 12.4. The summed E-state index contributed by atoms with van der Waals surface area (Å²) in [4.78, 5) is 31.7. The predicted octanol–water partition coefficient (Wildman–Crippen LogP) is 4.17. The SMILES string of the molecule is CC(=O)/C(=C/c1cnc(-c2ccccc2)[nH]1)C(=O)OCC1CCCCC1. The van der Waals surface area contributed by atoms with E-state index in [4.69, 9.17) is 4.74 Å². The van der Waals surface area contributed by atoms with Crippen LogP contribution in [0.15, 0.2) is 42.1 Å². The van der Waals surface area contributed by atoms with Gasteiger partial charge < -0.3 is 9.72 Å². The second-order valence-electron chi connectivity index (χ2n) is 6.77. The second-order valence-corrected chi connectivity index (χ2v) is 6.77. The number of nitrogens with one attached hydrogen (secondary N) is 1. The maximum atomic E-state index is 12.4. The van der Waals surface area contributed by atoms with Gasteiger partial charge in [0.2, 0.25) is 0 Å². The number of hydrogen-bond donors (Lipinski definition) is 1. The molecule has 5 heteroatoms. The number of carbonyl (C=O) groups is 2. The van der Waals surface area contributed by atoms with Crippen LogP contribution < -0.4 is 0 Å². The fourth-order valence-corrected chi connectivity index (χ4v) is 3.24. The molecule has 0 unspecified atom stereocenters. The summed E-state index contributed by atoms with van der Waals surface area (Å²) < 4.78 is 5.41. The summed E-state index contributed by atoms with van der Waals surface area (Å²) in [5.41, 5.74) is 1.59. The monoisotopic (exact) mass is 352 g/mol. The van der Waals surface area contributed by atoms with Gasteiger partial charge in [-0.25, -0.2) is 9.78 Å². The minimum atomic E-state index is -0.557. The minimum Gasteiger partial charge on any atom is -0.462 e. The Bertz CT molecular complexity index is 787. The topological polar surface area (TPSA) is 72.0 Å². The summed E-state index contributed by atoms with van der Waals surface area (Å²) in [6.45, 7) is 1.77. The molecular weight excluding hydrogens is 328 g/mol. The van der Waals surface area contributed by atoms with Gasteiger partial charge >= 0.3 is 5.97 Å². The molecule has 0 atom stereocenters. The molecule has 1 N–H and O–H groups in total. The van der Waals surface area contributed by atoms with Gasteiger partial charge in [-0.1, -0.05) is 49.6 Å². The van der Waals surface area contributed by atoms with Crippen LogP contribution >= 0.6 is 0 Å². The Morgan fingerprint density at radius 2 is 1.92 bits per heavy atom. The number of aromatic nitrogens is 2. The van der Waals surface area contributed by atoms with Crippen LogP contribution in [0.2, 0.25) is 0 Å². The van der Waals surface area contributed by atoms with Gasteiger partial charge in [0.05, 0.1) is 18.5 Å². The fraction of sp³-hybridized carbons (Fsp3) is 0.381. The Kier molecular flexibility index (Phi) is 6.00. The van der Waals surface area contributed by atoms with Gasteiger partial charge in [0.25, 0.3) is 0 Å². The highest BCUT2D eigenvalue weighted by Gasteiger charge is 2.20. The zero-order valence-electron chi connectivity index (χ0n) is 15.0. The van der Waals surface area contributed by atoms with Crippen molar-refractivity contribution in [2.75, 3.05) is 6.61 Å². The van der Waals surface area contributed by atoms with Crippen LogP contribution in [0.1, 0.15) is 44.7 Å². The molecule has 1 aromatic heterocycles. The highest BCUT2D eigenvalue weighted by atomic mass is 16.5. The zero-order chi connectivity index (χ0) is 18.4. The number of H-pyrrole nitrogens is 1. The lowest BCUT2D eigenvalue weighted by Crippen LogP contribution is -2.20. The number of ether oxygens (including phenoxy) is 1. The molecule has 0 saturated heterocycles. The van der Waals surface area contributed by atoms with Gasteiger partial charge in [0.15, 0.2) is 5.78 Å². The van der Waals surface area contributed by atoms with E-state index in [2.05, 4.69) is 9.97 Å². The zero-order valence-corrected chi connectivity index (χ0v) is 15.0. The highest BCUT2D eigenvalue weighted by molar-refractivity contribution is 6.19. The molecule has 1 aliphatic carbocycles. The van der Waals surface area contributed by atoms with Crippen LogP contribution in [0.3, 0.4) is 0 Å². The third-order valence-corrected chi connectivity index (χ3v) is 4.72. The predicted molar refractivity (Wildman–Crippen MR) is 100 cm³/mol. The van der Waals surface area contributed by atoms with Crippen molar-refractivity contribution < 1.29 is 14.3 Å². The number of Topliss-reactive ketones (excluding diaryl/α,β-unsaturated/α-hetero) is 1. The van der Waals surface area contributed by atoms with Crippen LogP contribution in [0.4, 0.5) is 0 Å². The Hall–Kier alpha value is -2.69. The first-order chi connectivity index (χ1) is 12.6. The number of nitrogens with zero attached hydrogens (tertiary/aromatic N) is 1. The lowest BCUT2D eigenvalue weighted by Gasteiger charge is -2.21. The molecule has 1 aromatic carbocycles. The van der Waals surface area contributed by atoms with E-state index in [0.717, 1.165) is 18.4 Å². The molecule has 2 aromatic rings. The molecule has 0 radical (unpaired) electrons. The number of rotatable bonds is 6. The number of hydrogen-bond acceptors (Lipinski definition) is 4. The van der Waals surface area contributed by atoms with E-state index in [0.29, 0.717) is 24.0 Å². The van der Waals surface area contributed by atoms with Crippen LogP contribution in [0.5, 0.6) is 0 Å². The van der Waals surface area contributed by atoms with Crippen molar-refractivity contribution in [3.8, 4) is 11.4 Å². The lowest BCUT2D eigenvalue weighted by atomic mass is 9.90. The number of ketones is 1. The first-order valence-electron chi connectivity index (χ1n) is 9.13. The number of imidazole rings is 1. The summed E-state index contributed by atoms with van der Waals surface area (Å²) in [5, 5.41) is 0. The molecular formula is C21H24N2O3. The van der Waals surface area contributed by atoms with Crippen LogP contribution in [0.25, 0.3) is 17.5 Å². The van der Waals surface area contributed by atoms with Crippen molar-refractivity contribution in [1.82, 2.24) is 9.97 Å². The average Bonchev–Trinajstić information content (AvgIpc) is 3.14. The van der Waals surface area contributed by atoms with E-state index in [1.165, 1.54) is 32.3 Å². The van der Waals surface area contributed by atoms with E-state index < -0.39 is 5.97 Å².